The van der Waals surface area contributed by atoms with E-state index in [-0.39, 0.29) is 36.7 Å². The number of carbonyl (C=O) groups excluding carboxylic acids is 11. The molecule has 0 saturated carbocycles. The van der Waals surface area contributed by atoms with Gasteiger partial charge in [0.05, 0.1) is 19.1 Å². The van der Waals surface area contributed by atoms with Gasteiger partial charge in [-0.05, 0) is 68.6 Å². The second kappa shape index (κ2) is 36.3. The van der Waals surface area contributed by atoms with Crippen LogP contribution in [0.1, 0.15) is 98.0 Å². The number of phenols is 1. The molecule has 0 saturated heterocycles. The Labute approximate surface area is 481 Å². The van der Waals surface area contributed by atoms with Gasteiger partial charge in [0.15, 0.2) is 5.96 Å². The monoisotopic (exact) mass is 1190 g/mol. The van der Waals surface area contributed by atoms with E-state index in [1.54, 1.807) is 0 Å². The molecule has 0 unspecified atom stereocenters. The first-order chi connectivity index (χ1) is 39.2. The van der Waals surface area contributed by atoms with Crippen molar-refractivity contribution in [3.8, 4) is 5.75 Å². The maximum absolute atomic E-state index is 14.4. The average molecular weight is 1190 g/mol. The fraction of sp³-hybridized carbons (Fsp3) is 0.580. The number of hydrogen-bond acceptors (Lipinski definition) is 18. The summed E-state index contributed by atoms with van der Waals surface area (Å²) in [7, 11) is 0. The molecule has 11 amide bonds. The molecule has 24 N–H and O–H groups in total. The second-order valence-electron chi connectivity index (χ2n) is 20.0. The van der Waals surface area contributed by atoms with E-state index in [1.165, 1.54) is 52.0 Å². The second-order valence-corrected chi connectivity index (χ2v) is 20.0. The van der Waals surface area contributed by atoms with Crippen LogP contribution < -0.4 is 76.5 Å². The van der Waals surface area contributed by atoms with Crippen LogP contribution in [0.2, 0.25) is 0 Å². The number of primary amides is 2. The molecular weight excluding hydrogens is 1110 g/mol. The van der Waals surface area contributed by atoms with Crippen molar-refractivity contribution in [1.29, 1.82) is 0 Å². The first-order valence-corrected chi connectivity index (χ1v) is 26.3. The van der Waals surface area contributed by atoms with E-state index in [0.29, 0.717) is 0 Å². The molecule has 0 aliphatic rings. The standard InChI is InChI=1S/C50H79N15O19/c1-22(2)38(47(81)57-24(5)49(83)84)65-46(80)33(21-66)63-44(78)31(14-17-36(70)71)60-45(79)32(19-25-8-10-26(67)11-9-25)62-43(77)30(13-16-35(53)69)59-42(76)29(12-15-34(52)68)58-41(75)28(7-6-18-56-50(54)55)61-48(82)39(23(3)4)64-40(74)27(51)20-37(72)73/h8-11,22-24,27-33,38-39,66-67H,6-7,12-21,51H2,1-5H3,(H2,52,68)(H2,53,69)(H,57,81)(H,58,75)(H,59,76)(H,60,79)(H,61,82)(H,62,77)(H,63,78)(H,64,74)(H,65,80)(H,70,71)(H,72,73)(H,83,84)(H4,54,55,56)/t24-,27-,28-,29-,30-,31-,32-,33-,38-,39-/m0/s1. The van der Waals surface area contributed by atoms with E-state index >= 15 is 0 Å². The maximum atomic E-state index is 14.4. The van der Waals surface area contributed by atoms with Crippen molar-refractivity contribution < 1.29 is 92.7 Å². The largest absolute Gasteiger partial charge is 0.508 e. The average Bonchev–Trinajstić information content (AvgIpc) is 3.48. The Balaban J connectivity index is 3.74. The number of nitrogens with zero attached hydrogens (tertiary/aromatic N) is 1. The third-order valence-corrected chi connectivity index (χ3v) is 12.3. The van der Waals surface area contributed by atoms with Crippen molar-refractivity contribution in [2.24, 2.45) is 45.5 Å². The van der Waals surface area contributed by atoms with Crippen LogP contribution in [-0.4, -0.2) is 188 Å². The maximum Gasteiger partial charge on any atom is 0.325 e. The number of aliphatic carboxylic acids is 3. The fourth-order valence-electron chi connectivity index (χ4n) is 7.54. The summed E-state index contributed by atoms with van der Waals surface area (Å²) in [4.78, 5) is 186. The zero-order valence-corrected chi connectivity index (χ0v) is 47.0. The van der Waals surface area contributed by atoms with Gasteiger partial charge in [-0.25, -0.2) is 0 Å². The molecule has 0 aromatic heterocycles. The molecule has 1 aromatic rings. The highest BCUT2D eigenvalue weighted by molar-refractivity contribution is 5.99. The van der Waals surface area contributed by atoms with Crippen LogP contribution >= 0.6 is 0 Å². The first kappa shape index (κ1) is 72.8. The lowest BCUT2D eigenvalue weighted by atomic mass is 10.0. The zero-order valence-electron chi connectivity index (χ0n) is 47.0. The van der Waals surface area contributed by atoms with Crippen molar-refractivity contribution in [3.05, 3.63) is 29.8 Å². The summed E-state index contributed by atoms with van der Waals surface area (Å²) in [5.74, 6) is -18.1. The lowest BCUT2D eigenvalue weighted by Crippen LogP contribution is -2.61. The Hall–Kier alpha value is -9.21. The van der Waals surface area contributed by atoms with Gasteiger partial charge in [-0.3, -0.25) is 72.1 Å². The molecule has 0 aliphatic carbocycles. The van der Waals surface area contributed by atoms with E-state index < -0.39 is 213 Å². The number of aromatic hydroxyl groups is 1. The Kier molecular flexibility index (Phi) is 31.5. The lowest BCUT2D eigenvalue weighted by Gasteiger charge is -2.28. The molecule has 0 radical (unpaired) electrons. The smallest absolute Gasteiger partial charge is 0.325 e. The van der Waals surface area contributed by atoms with E-state index in [0.717, 1.165) is 6.92 Å². The Morgan fingerprint density at radius 2 is 0.857 bits per heavy atom. The van der Waals surface area contributed by atoms with E-state index in [1.807, 2.05) is 0 Å². The number of carbonyl (C=O) groups is 14. The number of guanidine groups is 1. The number of carboxylic acid groups (broad SMARTS) is 3. The number of nitrogens with two attached hydrogens (primary N) is 5. The number of carboxylic acids is 3. The molecular formula is C50H79N15O19. The SMILES string of the molecule is CC(C)[C@H](NC(=O)[C@H](CO)NC(=O)[C@H](CCC(=O)O)NC(=O)[C@H](Cc1ccc(O)cc1)NC(=O)[C@H](CCC(N)=O)NC(=O)[C@H](CCC(N)=O)NC(=O)[C@H](CCCN=C(N)N)NC(=O)[C@@H](NC(=O)[C@@H](N)CC(=O)O)C(C)C)C(=O)N[C@@H](C)C(=O)O. The lowest BCUT2D eigenvalue weighted by molar-refractivity contribution is -0.142. The summed E-state index contributed by atoms with van der Waals surface area (Å²) in [6, 6.07) is -11.3. The predicted octanol–water partition coefficient (Wildman–Crippen LogP) is -7.04. The van der Waals surface area contributed by atoms with Crippen LogP contribution in [0.5, 0.6) is 5.75 Å². The molecule has 84 heavy (non-hydrogen) atoms. The van der Waals surface area contributed by atoms with Crippen molar-refractivity contribution in [3.63, 3.8) is 0 Å². The molecule has 34 nitrogen and oxygen atoms in total. The highest BCUT2D eigenvalue weighted by Crippen LogP contribution is 2.14. The molecule has 468 valence electrons. The van der Waals surface area contributed by atoms with Crippen LogP contribution in [0.3, 0.4) is 0 Å². The minimum atomic E-state index is -1.86. The number of phenolic OH excluding ortho intramolecular Hbond substituents is 1. The van der Waals surface area contributed by atoms with Crippen molar-refractivity contribution >= 4 is 88.8 Å². The van der Waals surface area contributed by atoms with Gasteiger partial charge in [-0.1, -0.05) is 39.8 Å². The van der Waals surface area contributed by atoms with Gasteiger partial charge >= 0.3 is 17.9 Å². The van der Waals surface area contributed by atoms with E-state index in [2.05, 4.69) is 52.8 Å². The Bertz CT molecular complexity index is 2540. The fourth-order valence-corrected chi connectivity index (χ4v) is 7.54. The summed E-state index contributed by atoms with van der Waals surface area (Å²) < 4.78 is 0. The van der Waals surface area contributed by atoms with Gasteiger partial charge in [-0.2, -0.15) is 0 Å². The molecule has 10 atom stereocenters. The highest BCUT2D eigenvalue weighted by Gasteiger charge is 2.37. The summed E-state index contributed by atoms with van der Waals surface area (Å²) in [6.45, 7) is 5.99. The van der Waals surface area contributed by atoms with E-state index in [9.17, 15) is 87.5 Å². The van der Waals surface area contributed by atoms with Gasteiger partial charge in [-0.15, -0.1) is 0 Å². The summed E-state index contributed by atoms with van der Waals surface area (Å²) >= 11 is 0. The van der Waals surface area contributed by atoms with Crippen molar-refractivity contribution in [2.75, 3.05) is 13.2 Å². The highest BCUT2D eigenvalue weighted by atomic mass is 16.4. The first-order valence-electron chi connectivity index (χ1n) is 26.3. The number of benzene rings is 1. The number of hydrogen-bond donors (Lipinski definition) is 19. The predicted molar refractivity (Wildman–Crippen MR) is 293 cm³/mol. The summed E-state index contributed by atoms with van der Waals surface area (Å²) in [5.41, 5.74) is 27.6. The molecule has 34 heteroatoms. The molecule has 0 fully saturated rings. The van der Waals surface area contributed by atoms with Crippen LogP contribution in [0.15, 0.2) is 29.3 Å². The van der Waals surface area contributed by atoms with Gasteiger partial charge in [0.2, 0.25) is 65.0 Å². The number of rotatable bonds is 39. The van der Waals surface area contributed by atoms with Crippen molar-refractivity contribution in [2.45, 2.75) is 159 Å². The number of aliphatic hydroxyl groups excluding tert-OH is 1. The molecule has 0 aliphatic heterocycles. The quantitative estimate of drug-likeness (QED) is 0.0165. The minimum Gasteiger partial charge on any atom is -0.508 e. The minimum absolute atomic E-state index is 0.00849. The third kappa shape index (κ3) is 27.5. The normalized spacial score (nSPS) is 14.5. The van der Waals surface area contributed by atoms with Crippen LogP contribution in [-0.2, 0) is 73.5 Å². The van der Waals surface area contributed by atoms with Crippen LogP contribution in [0, 0.1) is 11.8 Å². The van der Waals surface area contributed by atoms with Gasteiger partial charge in [0.1, 0.15) is 60.1 Å². The molecule has 1 rings (SSSR count). The van der Waals surface area contributed by atoms with Crippen LogP contribution in [0.4, 0.5) is 0 Å². The van der Waals surface area contributed by atoms with Gasteiger partial charge in [0.25, 0.3) is 0 Å². The Morgan fingerprint density at radius 1 is 0.476 bits per heavy atom. The number of amides is 11. The zero-order chi connectivity index (χ0) is 64.1. The molecule has 0 spiro atoms. The molecule has 0 bridgehead atoms. The number of nitrogens with one attached hydrogen (secondary N) is 9. The molecule has 1 aromatic carbocycles. The summed E-state index contributed by atoms with van der Waals surface area (Å²) in [5, 5.41) is 69.0. The number of aliphatic imine (C=N–C) groups is 1. The third-order valence-electron chi connectivity index (χ3n) is 12.3. The van der Waals surface area contributed by atoms with E-state index in [4.69, 9.17) is 33.8 Å². The Morgan fingerprint density at radius 3 is 1.26 bits per heavy atom. The molecule has 0 heterocycles. The van der Waals surface area contributed by atoms with Gasteiger partial charge in [0, 0.05) is 32.2 Å². The van der Waals surface area contributed by atoms with Crippen molar-refractivity contribution in [1.82, 2.24) is 47.9 Å². The topological polar surface area (TPSA) is 591 Å². The number of aliphatic hydroxyl groups is 1. The summed E-state index contributed by atoms with van der Waals surface area (Å²) in [6.07, 6.45) is -5.28. The van der Waals surface area contributed by atoms with Gasteiger partial charge < -0.3 is 102 Å². The van der Waals surface area contributed by atoms with Crippen LogP contribution in [0.25, 0.3) is 0 Å².